The zero-order valence-electron chi connectivity index (χ0n) is 9.89. The molecule has 2 aliphatic rings. The van der Waals surface area contributed by atoms with Crippen molar-refractivity contribution in [2.45, 2.75) is 39.0 Å². The smallest absolute Gasteiger partial charge is 0.123 e. The lowest BCUT2D eigenvalue weighted by atomic mass is 9.66. The number of allylic oxidation sites excluding steroid dienone is 1. The van der Waals surface area contributed by atoms with Gasteiger partial charge in [0.2, 0.25) is 0 Å². The summed E-state index contributed by atoms with van der Waals surface area (Å²) in [5.41, 5.74) is 4.23. The highest BCUT2D eigenvalue weighted by Gasteiger charge is 2.40. The standard InChI is InChI=1S/C15H17F/c1-15(2)7-3-4-11-8-10-5-6-12(16)9-13(10)14(11)15/h5-6,8-9,14H,3-4,7H2,1-2H3. The van der Waals surface area contributed by atoms with Crippen LogP contribution in [0.1, 0.15) is 50.2 Å². The molecule has 16 heavy (non-hydrogen) atoms. The van der Waals surface area contributed by atoms with Crippen LogP contribution >= 0.6 is 0 Å². The topological polar surface area (TPSA) is 0 Å². The Morgan fingerprint density at radius 2 is 2.12 bits per heavy atom. The number of benzene rings is 1. The Morgan fingerprint density at radius 3 is 2.94 bits per heavy atom. The van der Waals surface area contributed by atoms with Crippen molar-refractivity contribution in [3.63, 3.8) is 0 Å². The van der Waals surface area contributed by atoms with Gasteiger partial charge in [-0.05, 0) is 47.9 Å². The molecule has 1 heteroatoms. The minimum atomic E-state index is -0.102. The van der Waals surface area contributed by atoms with E-state index in [-0.39, 0.29) is 11.2 Å². The van der Waals surface area contributed by atoms with Crippen LogP contribution in [0, 0.1) is 11.2 Å². The fourth-order valence-electron chi connectivity index (χ4n) is 3.44. The Balaban J connectivity index is 2.14. The van der Waals surface area contributed by atoms with E-state index in [0.717, 1.165) is 0 Å². The molecule has 1 unspecified atom stereocenters. The molecule has 1 fully saturated rings. The zero-order chi connectivity index (χ0) is 11.3. The van der Waals surface area contributed by atoms with E-state index in [2.05, 4.69) is 19.9 Å². The van der Waals surface area contributed by atoms with Gasteiger partial charge < -0.3 is 0 Å². The van der Waals surface area contributed by atoms with Gasteiger partial charge in [0, 0.05) is 5.92 Å². The van der Waals surface area contributed by atoms with Crippen LogP contribution in [0.4, 0.5) is 4.39 Å². The molecule has 84 valence electrons. The molecule has 0 aliphatic heterocycles. The lowest BCUT2D eigenvalue weighted by Gasteiger charge is -2.39. The zero-order valence-corrected chi connectivity index (χ0v) is 9.89. The van der Waals surface area contributed by atoms with Crippen molar-refractivity contribution in [3.8, 4) is 0 Å². The average Bonchev–Trinajstić information content (AvgIpc) is 2.56. The van der Waals surface area contributed by atoms with E-state index in [1.165, 1.54) is 36.0 Å². The Labute approximate surface area is 96.2 Å². The third kappa shape index (κ3) is 1.34. The van der Waals surface area contributed by atoms with Crippen LogP contribution in [-0.2, 0) is 0 Å². The molecule has 1 saturated carbocycles. The molecule has 2 aliphatic carbocycles. The lowest BCUT2D eigenvalue weighted by molar-refractivity contribution is 0.251. The SMILES string of the molecule is CC1(C)CCCC2=Cc3ccc(F)cc3C21. The Bertz CT molecular complexity index is 468. The van der Waals surface area contributed by atoms with Crippen LogP contribution in [0.3, 0.4) is 0 Å². The van der Waals surface area contributed by atoms with Crippen LogP contribution in [0.2, 0.25) is 0 Å². The minimum absolute atomic E-state index is 0.102. The highest BCUT2D eigenvalue weighted by molar-refractivity contribution is 5.67. The Hall–Kier alpha value is -1.11. The summed E-state index contributed by atoms with van der Waals surface area (Å²) in [5.74, 6) is 0.349. The molecule has 0 amide bonds. The summed E-state index contributed by atoms with van der Waals surface area (Å²) in [4.78, 5) is 0. The third-order valence-corrected chi connectivity index (χ3v) is 4.14. The molecule has 0 aromatic heterocycles. The summed E-state index contributed by atoms with van der Waals surface area (Å²) in [6, 6.07) is 5.23. The van der Waals surface area contributed by atoms with Crippen molar-refractivity contribution >= 4 is 6.08 Å². The van der Waals surface area contributed by atoms with Crippen molar-refractivity contribution in [2.75, 3.05) is 0 Å². The summed E-state index contributed by atoms with van der Waals surface area (Å²) in [6.45, 7) is 4.62. The van der Waals surface area contributed by atoms with Crippen molar-refractivity contribution in [1.82, 2.24) is 0 Å². The first-order valence-electron chi connectivity index (χ1n) is 6.08. The summed E-state index contributed by atoms with van der Waals surface area (Å²) >= 11 is 0. The monoisotopic (exact) mass is 216 g/mol. The van der Waals surface area contributed by atoms with E-state index in [1.54, 1.807) is 12.1 Å². The summed E-state index contributed by atoms with van der Waals surface area (Å²) in [6.07, 6.45) is 5.97. The van der Waals surface area contributed by atoms with Crippen LogP contribution in [0.5, 0.6) is 0 Å². The van der Waals surface area contributed by atoms with Crippen LogP contribution in [0.15, 0.2) is 23.8 Å². The molecule has 1 aromatic rings. The molecule has 0 saturated heterocycles. The summed E-state index contributed by atoms with van der Waals surface area (Å²) in [5, 5.41) is 0. The Morgan fingerprint density at radius 1 is 1.31 bits per heavy atom. The van der Waals surface area contributed by atoms with E-state index < -0.39 is 0 Å². The number of rotatable bonds is 0. The van der Waals surface area contributed by atoms with Crippen LogP contribution < -0.4 is 0 Å². The molecule has 3 rings (SSSR count). The third-order valence-electron chi connectivity index (χ3n) is 4.14. The molecule has 0 spiro atoms. The molecule has 1 atom stereocenters. The maximum absolute atomic E-state index is 13.3. The van der Waals surface area contributed by atoms with Crippen molar-refractivity contribution in [1.29, 1.82) is 0 Å². The fraction of sp³-hybridized carbons (Fsp3) is 0.467. The predicted molar refractivity (Wildman–Crippen MR) is 64.8 cm³/mol. The first kappa shape index (κ1) is 10.1. The maximum atomic E-state index is 13.3. The molecule has 1 aromatic carbocycles. The van der Waals surface area contributed by atoms with Crippen LogP contribution in [-0.4, -0.2) is 0 Å². The molecular weight excluding hydrogens is 199 g/mol. The van der Waals surface area contributed by atoms with Gasteiger partial charge in [-0.2, -0.15) is 0 Å². The van der Waals surface area contributed by atoms with Crippen molar-refractivity contribution < 1.29 is 4.39 Å². The highest BCUT2D eigenvalue weighted by atomic mass is 19.1. The molecule has 0 N–H and O–H groups in total. The maximum Gasteiger partial charge on any atom is 0.123 e. The van der Waals surface area contributed by atoms with E-state index in [1.807, 2.05) is 6.07 Å². The molecule has 0 radical (unpaired) electrons. The molecule has 0 heterocycles. The van der Waals surface area contributed by atoms with Gasteiger partial charge in [0.05, 0.1) is 0 Å². The van der Waals surface area contributed by atoms with Gasteiger partial charge in [-0.15, -0.1) is 0 Å². The second-order valence-corrected chi connectivity index (χ2v) is 5.77. The van der Waals surface area contributed by atoms with Gasteiger partial charge in [-0.3, -0.25) is 0 Å². The predicted octanol–water partition coefficient (Wildman–Crippen LogP) is 4.52. The Kier molecular flexibility index (Phi) is 2.01. The van der Waals surface area contributed by atoms with E-state index in [4.69, 9.17) is 0 Å². The van der Waals surface area contributed by atoms with Gasteiger partial charge >= 0.3 is 0 Å². The number of fused-ring (bicyclic) bond motifs is 3. The van der Waals surface area contributed by atoms with Crippen LogP contribution in [0.25, 0.3) is 6.08 Å². The first-order valence-corrected chi connectivity index (χ1v) is 6.08. The summed E-state index contributed by atoms with van der Waals surface area (Å²) < 4.78 is 13.3. The number of halogens is 1. The van der Waals surface area contributed by atoms with Gasteiger partial charge in [0.25, 0.3) is 0 Å². The first-order chi connectivity index (χ1) is 7.58. The second-order valence-electron chi connectivity index (χ2n) is 5.77. The number of hydrogen-bond donors (Lipinski definition) is 0. The van der Waals surface area contributed by atoms with Crippen molar-refractivity contribution in [3.05, 3.63) is 40.7 Å². The lowest BCUT2D eigenvalue weighted by Crippen LogP contribution is -2.26. The summed E-state index contributed by atoms with van der Waals surface area (Å²) in [7, 11) is 0. The minimum Gasteiger partial charge on any atom is -0.207 e. The van der Waals surface area contributed by atoms with E-state index >= 15 is 0 Å². The van der Waals surface area contributed by atoms with Crippen molar-refractivity contribution in [2.24, 2.45) is 5.41 Å². The van der Waals surface area contributed by atoms with Gasteiger partial charge in [0.15, 0.2) is 0 Å². The average molecular weight is 216 g/mol. The highest BCUT2D eigenvalue weighted by Crippen LogP contribution is 2.54. The van der Waals surface area contributed by atoms with Gasteiger partial charge in [-0.1, -0.05) is 31.6 Å². The molecule has 0 nitrogen and oxygen atoms in total. The fourth-order valence-corrected chi connectivity index (χ4v) is 3.44. The van der Waals surface area contributed by atoms with Gasteiger partial charge in [-0.25, -0.2) is 4.39 Å². The molecular formula is C15H17F. The van der Waals surface area contributed by atoms with E-state index in [9.17, 15) is 4.39 Å². The molecule has 0 bridgehead atoms. The quantitative estimate of drug-likeness (QED) is 0.598. The van der Waals surface area contributed by atoms with E-state index in [0.29, 0.717) is 5.92 Å². The largest absolute Gasteiger partial charge is 0.207 e. The normalized spacial score (nSPS) is 25.9. The second kappa shape index (κ2) is 3.19. The van der Waals surface area contributed by atoms with Gasteiger partial charge in [0.1, 0.15) is 5.82 Å². The number of hydrogen-bond acceptors (Lipinski definition) is 0.